The van der Waals surface area contributed by atoms with Crippen LogP contribution in [0.4, 0.5) is 23.2 Å². The molecule has 2 fully saturated rings. The van der Waals surface area contributed by atoms with E-state index in [-0.39, 0.29) is 80.4 Å². The second-order valence-corrected chi connectivity index (χ2v) is 14.7. The number of likely N-dealkylation sites (N-methyl/N-ethyl adjacent to an activating group) is 1. The maximum absolute atomic E-state index is 15.4. The summed E-state index contributed by atoms with van der Waals surface area (Å²) >= 11 is 6.52. The van der Waals surface area contributed by atoms with Crippen molar-refractivity contribution < 1.29 is 41.2 Å². The number of amides is 4. The lowest BCUT2D eigenvalue weighted by Gasteiger charge is -2.41. The van der Waals surface area contributed by atoms with Gasteiger partial charge >= 0.3 is 0 Å². The van der Waals surface area contributed by atoms with E-state index in [4.69, 9.17) is 17.3 Å². The van der Waals surface area contributed by atoms with E-state index < -0.39 is 30.5 Å². The number of piperidine rings is 1. The summed E-state index contributed by atoms with van der Waals surface area (Å²) in [6.07, 6.45) is 1.11. The highest BCUT2D eigenvalue weighted by Crippen LogP contribution is 2.33. The van der Waals surface area contributed by atoms with Crippen molar-refractivity contribution in [2.75, 3.05) is 58.2 Å². The van der Waals surface area contributed by atoms with E-state index in [0.717, 1.165) is 4.68 Å². The number of benzene rings is 2. The Balaban J connectivity index is 1.06. The summed E-state index contributed by atoms with van der Waals surface area (Å²) in [7, 11) is 3.43. The van der Waals surface area contributed by atoms with Crippen molar-refractivity contribution in [3.63, 3.8) is 0 Å². The van der Waals surface area contributed by atoms with E-state index in [0.29, 0.717) is 56.6 Å². The first-order valence-electron chi connectivity index (χ1n) is 17.7. The summed E-state index contributed by atoms with van der Waals surface area (Å²) in [5.74, 6) is -4.00. The summed E-state index contributed by atoms with van der Waals surface area (Å²) in [5.41, 5.74) is 6.04. The molecule has 18 heteroatoms. The Morgan fingerprint density at radius 1 is 0.982 bits per heavy atom. The molecule has 6 rings (SSSR count). The molecule has 13 nitrogen and oxygen atoms in total. The molecule has 4 aromatic rings. The van der Waals surface area contributed by atoms with E-state index in [2.05, 4.69) is 15.4 Å². The van der Waals surface area contributed by atoms with Crippen LogP contribution in [-0.4, -0.2) is 117 Å². The number of hydrogen-bond donors (Lipinski definition) is 2. The van der Waals surface area contributed by atoms with Gasteiger partial charge < -0.3 is 29.9 Å². The molecule has 4 heterocycles. The third-order valence-electron chi connectivity index (χ3n) is 10.4. The number of imidazole rings is 1. The number of primary amides is 1. The summed E-state index contributed by atoms with van der Waals surface area (Å²) in [6.45, 7) is 3.84. The normalized spacial score (nSPS) is 18.8. The largest absolute Gasteiger partial charge is 0.365 e. The van der Waals surface area contributed by atoms with Crippen LogP contribution in [-0.2, 0) is 23.2 Å². The van der Waals surface area contributed by atoms with Crippen molar-refractivity contribution in [3.8, 4) is 22.4 Å². The lowest BCUT2D eigenvalue weighted by molar-refractivity contribution is -0.907. The predicted octanol–water partition coefficient (Wildman–Crippen LogP) is 4.33. The van der Waals surface area contributed by atoms with Gasteiger partial charge in [0, 0.05) is 80.6 Å². The number of nitrogens with two attached hydrogens (primary N) is 1. The van der Waals surface area contributed by atoms with Gasteiger partial charge in [-0.05, 0) is 31.2 Å². The summed E-state index contributed by atoms with van der Waals surface area (Å²) in [6, 6.07) is 7.03. The Kier molecular flexibility index (Phi) is 11.3. The van der Waals surface area contributed by atoms with Crippen molar-refractivity contribution in [2.45, 2.75) is 32.7 Å². The number of anilines is 1. The third kappa shape index (κ3) is 8.37. The molecule has 0 aliphatic carbocycles. The fourth-order valence-electron chi connectivity index (χ4n) is 7.33. The Morgan fingerprint density at radius 3 is 2.25 bits per heavy atom. The molecule has 4 amide bonds. The van der Waals surface area contributed by atoms with Crippen molar-refractivity contribution >= 4 is 40.9 Å². The molecule has 0 unspecified atom stereocenters. The zero-order chi connectivity index (χ0) is 39.8. The number of quaternary nitrogens is 1. The number of halogens is 5. The van der Waals surface area contributed by atoms with Crippen LogP contribution in [0.3, 0.4) is 0 Å². The van der Waals surface area contributed by atoms with Gasteiger partial charge in [-0.3, -0.25) is 23.9 Å². The molecule has 2 aliphatic heterocycles. The maximum atomic E-state index is 15.4. The van der Waals surface area contributed by atoms with Gasteiger partial charge in [-0.2, -0.15) is 5.10 Å². The second kappa shape index (κ2) is 15.8. The van der Waals surface area contributed by atoms with Crippen LogP contribution in [0.15, 0.2) is 42.7 Å². The molecule has 0 saturated carbocycles. The smallest absolute Gasteiger partial charge is 0.291 e. The van der Waals surface area contributed by atoms with Gasteiger partial charge in [0.2, 0.25) is 5.91 Å². The Bertz CT molecular complexity index is 2140. The fourth-order valence-corrected chi connectivity index (χ4v) is 7.59. The van der Waals surface area contributed by atoms with Gasteiger partial charge in [0.1, 0.15) is 6.54 Å². The number of piperazine rings is 1. The SMILES string of the molecule is Cc1nn(CC(F)F)cc1-c1ccc(-c2cnc(C(=O)Nc3ccc(C(=O)N4CCN(C(=O)C5CC[N+](C)(CC(N)=O)CC5)CC4)c(Cl)c3)n2C)c(F)c1F. The Hall–Kier alpha value is -5.29. The van der Waals surface area contributed by atoms with Gasteiger partial charge in [0.05, 0.1) is 48.3 Å². The van der Waals surface area contributed by atoms with Crippen LogP contribution in [0.1, 0.15) is 39.5 Å². The first-order chi connectivity index (χ1) is 26.0. The van der Waals surface area contributed by atoms with Gasteiger partial charge in [-0.15, -0.1) is 0 Å². The number of nitrogens with zero attached hydrogens (tertiary/aromatic N) is 7. The number of hydrogen-bond acceptors (Lipinski definition) is 6. The highest BCUT2D eigenvalue weighted by Gasteiger charge is 2.37. The monoisotopic (exact) mass is 786 g/mol. The van der Waals surface area contributed by atoms with Gasteiger partial charge in [-0.1, -0.05) is 17.7 Å². The number of carbonyl (C=O) groups is 4. The standard InChI is InChI=1S/C37H40ClF4N9O4/c1-21-27(18-50(46-21)19-30(39)40)24-6-7-26(33(42)32(24)41)29-17-44-34(47(29)2)35(53)45-23-4-5-25(28(38)16-23)37(55)49-12-10-48(11-13-49)36(54)22-8-14-51(3,15-9-22)20-31(43)52/h4-7,16-18,22,30H,8-15,19-20H2,1-3H3,(H2-,43,45,52,53,55)/p+1. The van der Waals surface area contributed by atoms with E-state index in [1.165, 1.54) is 61.3 Å². The minimum absolute atomic E-state index is 0.0521. The quantitative estimate of drug-likeness (QED) is 0.181. The van der Waals surface area contributed by atoms with E-state index in [9.17, 15) is 28.0 Å². The first kappa shape index (κ1) is 39.4. The van der Waals surface area contributed by atoms with Crippen LogP contribution in [0.5, 0.6) is 0 Å². The molecule has 2 aromatic heterocycles. The summed E-state index contributed by atoms with van der Waals surface area (Å²) < 4.78 is 59.3. The number of nitrogens with one attached hydrogen (secondary N) is 1. The molecule has 0 spiro atoms. The molecule has 0 radical (unpaired) electrons. The predicted molar refractivity (Wildman–Crippen MR) is 195 cm³/mol. The third-order valence-corrected chi connectivity index (χ3v) is 10.7. The van der Waals surface area contributed by atoms with Crippen LogP contribution in [0, 0.1) is 24.5 Å². The van der Waals surface area contributed by atoms with Crippen molar-refractivity contribution in [1.29, 1.82) is 0 Å². The second-order valence-electron chi connectivity index (χ2n) is 14.3. The highest BCUT2D eigenvalue weighted by atomic mass is 35.5. The van der Waals surface area contributed by atoms with E-state index in [1.807, 2.05) is 7.05 Å². The molecule has 2 aliphatic rings. The molecular weight excluding hydrogens is 746 g/mol. The molecule has 2 saturated heterocycles. The Labute approximate surface area is 319 Å². The number of alkyl halides is 2. The van der Waals surface area contributed by atoms with Crippen LogP contribution in [0.25, 0.3) is 22.4 Å². The molecule has 3 N–H and O–H groups in total. The topological polar surface area (TPSA) is 148 Å². The number of aromatic nitrogens is 4. The molecule has 55 heavy (non-hydrogen) atoms. The zero-order valence-corrected chi connectivity index (χ0v) is 31.3. The van der Waals surface area contributed by atoms with Crippen LogP contribution < -0.4 is 11.1 Å². The average molecular weight is 787 g/mol. The summed E-state index contributed by atoms with van der Waals surface area (Å²) in [4.78, 5) is 58.8. The molecule has 0 atom stereocenters. The maximum Gasteiger partial charge on any atom is 0.291 e. The van der Waals surface area contributed by atoms with E-state index in [1.54, 1.807) is 9.80 Å². The van der Waals surface area contributed by atoms with E-state index >= 15 is 8.78 Å². The highest BCUT2D eigenvalue weighted by molar-refractivity contribution is 6.34. The molecule has 0 bridgehead atoms. The number of carbonyl (C=O) groups excluding carboxylic acids is 4. The van der Waals surface area contributed by atoms with Crippen molar-refractivity contribution in [2.24, 2.45) is 18.7 Å². The average Bonchev–Trinajstić information content (AvgIpc) is 3.69. The minimum Gasteiger partial charge on any atom is -0.365 e. The van der Waals surface area contributed by atoms with Gasteiger partial charge in [0.15, 0.2) is 24.0 Å². The molecular formula is C37H41ClF4N9O4+. The molecule has 292 valence electrons. The summed E-state index contributed by atoms with van der Waals surface area (Å²) in [5, 5.41) is 6.71. The Morgan fingerprint density at radius 2 is 1.62 bits per heavy atom. The fraction of sp³-hybridized carbons (Fsp3) is 0.405. The number of aryl methyl sites for hydroxylation is 1. The van der Waals surface area contributed by atoms with Crippen LogP contribution >= 0.6 is 11.6 Å². The first-order valence-corrected chi connectivity index (χ1v) is 18.1. The lowest BCUT2D eigenvalue weighted by Crippen LogP contribution is -2.57. The van der Waals surface area contributed by atoms with Gasteiger partial charge in [-0.25, -0.2) is 22.5 Å². The number of likely N-dealkylation sites (tertiary alicyclic amines) is 1. The molecule has 2 aromatic carbocycles. The zero-order valence-electron chi connectivity index (χ0n) is 30.5. The van der Waals surface area contributed by atoms with Gasteiger partial charge in [0.25, 0.3) is 24.1 Å². The van der Waals surface area contributed by atoms with Crippen molar-refractivity contribution in [3.05, 3.63) is 76.5 Å². The minimum atomic E-state index is -2.67. The lowest BCUT2D eigenvalue weighted by atomic mass is 9.93. The van der Waals surface area contributed by atoms with Crippen molar-refractivity contribution in [1.82, 2.24) is 29.1 Å². The van der Waals surface area contributed by atoms with Crippen LogP contribution in [0.2, 0.25) is 5.02 Å². The number of rotatable bonds is 10.